The first kappa shape index (κ1) is 26.7. The second-order valence-corrected chi connectivity index (χ2v) is 10.3. The third kappa shape index (κ3) is 5.08. The predicted octanol–water partition coefficient (Wildman–Crippen LogP) is 4.92. The van der Waals surface area contributed by atoms with Crippen LogP contribution in [0.2, 0.25) is 0 Å². The molecule has 204 valence electrons. The Balaban J connectivity index is 1.70. The van der Waals surface area contributed by atoms with Crippen LogP contribution in [0.25, 0.3) is 22.3 Å². The smallest absolute Gasteiger partial charge is 0.364 e. The molecule has 3 aromatic heterocycles. The molecular weight excluding hydrogens is 516 g/mol. The Bertz CT molecular complexity index is 1650. The van der Waals surface area contributed by atoms with Crippen molar-refractivity contribution < 1.29 is 22.3 Å². The van der Waals surface area contributed by atoms with Gasteiger partial charge in [0.2, 0.25) is 5.95 Å². The van der Waals surface area contributed by atoms with E-state index in [-0.39, 0.29) is 34.3 Å². The van der Waals surface area contributed by atoms with Crippen LogP contribution in [-0.2, 0) is 18.0 Å². The van der Waals surface area contributed by atoms with Gasteiger partial charge >= 0.3 is 6.18 Å². The van der Waals surface area contributed by atoms with E-state index in [2.05, 4.69) is 19.9 Å². The average Bonchev–Trinajstić information content (AvgIpc) is 2.85. The van der Waals surface area contributed by atoms with E-state index in [9.17, 15) is 18.0 Å². The number of pyridine rings is 1. The maximum Gasteiger partial charge on any atom is 0.416 e. The molecule has 1 fully saturated rings. The zero-order valence-corrected chi connectivity index (χ0v) is 22.0. The molecule has 0 saturated carbocycles. The zero-order valence-electron chi connectivity index (χ0n) is 22.0. The standard InChI is InChI=1S/C27H26F4N6O2/c1-14-10-16(8-9-32-14)20-12-37(13-26(3,4)39-20)25-34-21(18-7-6-17(11-19(18)28)27(29,30)31)22-23(35-25)24(38)36(5)15(2)33-22/h6-11,20H,12-13H2,1-5H3/t20-/m0/s1. The summed E-state index contributed by atoms with van der Waals surface area (Å²) in [5.74, 6) is -0.701. The highest BCUT2D eigenvalue weighted by Gasteiger charge is 2.36. The van der Waals surface area contributed by atoms with E-state index in [0.717, 1.165) is 23.4 Å². The van der Waals surface area contributed by atoms with Crippen LogP contribution >= 0.6 is 0 Å². The number of fused-ring (bicyclic) bond motifs is 1. The number of hydrogen-bond acceptors (Lipinski definition) is 7. The third-order valence-corrected chi connectivity index (χ3v) is 6.68. The SMILES string of the molecule is Cc1cc([C@@H]2CN(c3nc(-c4ccc(C(F)(F)F)cc4F)c4nc(C)n(C)c(=O)c4n3)CC(C)(C)O2)ccn1. The Morgan fingerprint density at radius 1 is 1.05 bits per heavy atom. The minimum Gasteiger partial charge on any atom is -0.364 e. The number of rotatable bonds is 3. The van der Waals surface area contributed by atoms with Gasteiger partial charge in [-0.25, -0.2) is 19.3 Å². The molecule has 5 rings (SSSR count). The fourth-order valence-corrected chi connectivity index (χ4v) is 4.73. The first-order valence-electron chi connectivity index (χ1n) is 12.2. The van der Waals surface area contributed by atoms with Crippen LogP contribution in [0.1, 0.15) is 42.6 Å². The van der Waals surface area contributed by atoms with Crippen molar-refractivity contribution in [2.75, 3.05) is 18.0 Å². The molecule has 1 aliphatic rings. The van der Waals surface area contributed by atoms with E-state index in [1.807, 2.05) is 37.8 Å². The first-order valence-corrected chi connectivity index (χ1v) is 12.2. The summed E-state index contributed by atoms with van der Waals surface area (Å²) in [5.41, 5.74) is -0.907. The maximum absolute atomic E-state index is 15.2. The molecular formula is C27H26F4N6O2. The van der Waals surface area contributed by atoms with Gasteiger partial charge in [0.25, 0.3) is 5.56 Å². The summed E-state index contributed by atoms with van der Waals surface area (Å²) >= 11 is 0. The topological polar surface area (TPSA) is 86.0 Å². The third-order valence-electron chi connectivity index (χ3n) is 6.68. The Morgan fingerprint density at radius 3 is 2.46 bits per heavy atom. The van der Waals surface area contributed by atoms with Crippen molar-refractivity contribution in [1.29, 1.82) is 0 Å². The summed E-state index contributed by atoms with van der Waals surface area (Å²) in [6.45, 7) is 7.93. The number of nitrogens with zero attached hydrogens (tertiary/aromatic N) is 6. The van der Waals surface area contributed by atoms with Crippen molar-refractivity contribution >= 4 is 17.0 Å². The Hall–Kier alpha value is -3.93. The van der Waals surface area contributed by atoms with Crippen molar-refractivity contribution in [2.45, 2.75) is 45.6 Å². The molecule has 0 unspecified atom stereocenters. The summed E-state index contributed by atoms with van der Waals surface area (Å²) in [6.07, 6.45) is -3.42. The highest BCUT2D eigenvalue weighted by atomic mass is 19.4. The molecule has 0 radical (unpaired) electrons. The summed E-state index contributed by atoms with van der Waals surface area (Å²) < 4.78 is 62.5. The van der Waals surface area contributed by atoms with Crippen LogP contribution in [0.5, 0.6) is 0 Å². The van der Waals surface area contributed by atoms with Crippen molar-refractivity contribution in [3.8, 4) is 11.3 Å². The van der Waals surface area contributed by atoms with Crippen LogP contribution in [-0.4, -0.2) is 43.2 Å². The predicted molar refractivity (Wildman–Crippen MR) is 137 cm³/mol. The number of anilines is 1. The number of halogens is 4. The van der Waals surface area contributed by atoms with Crippen LogP contribution < -0.4 is 10.5 Å². The second kappa shape index (κ2) is 9.37. The Morgan fingerprint density at radius 2 is 1.79 bits per heavy atom. The lowest BCUT2D eigenvalue weighted by Crippen LogP contribution is -2.50. The molecule has 0 spiro atoms. The van der Waals surface area contributed by atoms with Crippen molar-refractivity contribution in [2.24, 2.45) is 7.05 Å². The molecule has 39 heavy (non-hydrogen) atoms. The number of aromatic nitrogens is 5. The lowest BCUT2D eigenvalue weighted by atomic mass is 10.0. The van der Waals surface area contributed by atoms with Crippen molar-refractivity contribution in [3.63, 3.8) is 0 Å². The minimum absolute atomic E-state index is 0.00633. The molecule has 1 saturated heterocycles. The number of aryl methyl sites for hydroxylation is 2. The number of ether oxygens (including phenoxy) is 1. The normalized spacial score (nSPS) is 17.6. The quantitative estimate of drug-likeness (QED) is 0.340. The Labute approximate surface area is 221 Å². The van der Waals surface area contributed by atoms with Crippen LogP contribution in [0.3, 0.4) is 0 Å². The Kier molecular flexibility index (Phi) is 6.41. The average molecular weight is 543 g/mol. The highest BCUT2D eigenvalue weighted by molar-refractivity contribution is 5.89. The van der Waals surface area contributed by atoms with Gasteiger partial charge in [-0.3, -0.25) is 14.3 Å². The van der Waals surface area contributed by atoms with Crippen molar-refractivity contribution in [1.82, 2.24) is 24.5 Å². The van der Waals surface area contributed by atoms with Gasteiger partial charge in [0.05, 0.1) is 17.7 Å². The van der Waals surface area contributed by atoms with E-state index in [4.69, 9.17) is 4.74 Å². The summed E-state index contributed by atoms with van der Waals surface area (Å²) in [4.78, 5) is 32.8. The molecule has 8 nitrogen and oxygen atoms in total. The van der Waals surface area contributed by atoms with Gasteiger partial charge in [-0.15, -0.1) is 0 Å². The molecule has 4 heterocycles. The molecule has 4 aromatic rings. The number of benzene rings is 1. The first-order chi connectivity index (χ1) is 18.2. The second-order valence-electron chi connectivity index (χ2n) is 10.3. The largest absolute Gasteiger partial charge is 0.416 e. The summed E-state index contributed by atoms with van der Waals surface area (Å²) in [7, 11) is 1.53. The van der Waals surface area contributed by atoms with Crippen LogP contribution in [0.15, 0.2) is 41.3 Å². The molecule has 1 aromatic carbocycles. The molecule has 12 heteroatoms. The van der Waals surface area contributed by atoms with E-state index in [0.29, 0.717) is 25.0 Å². The van der Waals surface area contributed by atoms with Crippen molar-refractivity contribution in [3.05, 3.63) is 75.3 Å². The lowest BCUT2D eigenvalue weighted by Gasteiger charge is -2.43. The molecule has 1 atom stereocenters. The van der Waals surface area contributed by atoms with Gasteiger partial charge in [-0.2, -0.15) is 13.2 Å². The lowest BCUT2D eigenvalue weighted by molar-refractivity contribution is -0.137. The molecule has 0 amide bonds. The molecule has 0 bridgehead atoms. The molecule has 1 aliphatic heterocycles. The van der Waals surface area contributed by atoms with Gasteiger partial charge in [0.15, 0.2) is 5.52 Å². The van der Waals surface area contributed by atoms with Crippen LogP contribution in [0.4, 0.5) is 23.5 Å². The van der Waals surface area contributed by atoms with E-state index < -0.39 is 28.7 Å². The number of hydrogen-bond donors (Lipinski definition) is 0. The zero-order chi connectivity index (χ0) is 28.3. The van der Waals surface area contributed by atoms with Gasteiger partial charge in [-0.05, 0) is 63.6 Å². The fraction of sp³-hybridized carbons (Fsp3) is 0.370. The summed E-state index contributed by atoms with van der Waals surface area (Å²) in [6, 6.07) is 5.96. The highest BCUT2D eigenvalue weighted by Crippen LogP contribution is 2.36. The number of alkyl halides is 3. The summed E-state index contributed by atoms with van der Waals surface area (Å²) in [5, 5.41) is 0. The monoisotopic (exact) mass is 542 g/mol. The van der Waals surface area contributed by atoms with Crippen LogP contribution in [0, 0.1) is 19.7 Å². The fourth-order valence-electron chi connectivity index (χ4n) is 4.73. The number of morpholine rings is 1. The van der Waals surface area contributed by atoms with Gasteiger partial charge in [0.1, 0.15) is 29.0 Å². The van der Waals surface area contributed by atoms with Gasteiger partial charge < -0.3 is 9.64 Å². The maximum atomic E-state index is 15.2. The van der Waals surface area contributed by atoms with Gasteiger partial charge in [-0.1, -0.05) is 0 Å². The van der Waals surface area contributed by atoms with E-state index in [1.54, 1.807) is 13.1 Å². The molecule has 0 N–H and O–H groups in total. The van der Waals surface area contributed by atoms with Gasteiger partial charge in [0, 0.05) is 31.0 Å². The molecule has 0 aliphatic carbocycles. The minimum atomic E-state index is -4.72. The van der Waals surface area contributed by atoms with E-state index in [1.165, 1.54) is 11.6 Å². The van der Waals surface area contributed by atoms with E-state index >= 15 is 4.39 Å².